The molecule has 0 aliphatic carbocycles. The van der Waals surface area contributed by atoms with Crippen molar-refractivity contribution in [3.63, 3.8) is 0 Å². The lowest BCUT2D eigenvalue weighted by Gasteiger charge is -2.25. The first-order valence-corrected chi connectivity index (χ1v) is 8.97. The largest absolute Gasteiger partial charge is 0.497 e. The maximum atomic E-state index is 13.0. The molecule has 0 radical (unpaired) electrons. The second-order valence-corrected chi connectivity index (χ2v) is 6.84. The van der Waals surface area contributed by atoms with Gasteiger partial charge in [0.1, 0.15) is 11.3 Å². The van der Waals surface area contributed by atoms with Crippen molar-refractivity contribution in [3.8, 4) is 5.75 Å². The molecule has 2 aromatic heterocycles. The lowest BCUT2D eigenvalue weighted by atomic mass is 10.0. The van der Waals surface area contributed by atoms with Gasteiger partial charge in [0.05, 0.1) is 13.2 Å². The third-order valence-corrected chi connectivity index (χ3v) is 5.34. The number of hydrogen-bond acceptors (Lipinski definition) is 5. The highest BCUT2D eigenvalue weighted by molar-refractivity contribution is 7.15. The summed E-state index contributed by atoms with van der Waals surface area (Å²) in [7, 11) is 1.62. The van der Waals surface area contributed by atoms with Gasteiger partial charge >= 0.3 is 0 Å². The summed E-state index contributed by atoms with van der Waals surface area (Å²) in [5.74, 6) is 0.502. The summed E-state index contributed by atoms with van der Waals surface area (Å²) in [4.78, 5) is 32.2. The molecule has 1 atom stereocenters. The number of amides is 1. The lowest BCUT2D eigenvalue weighted by Crippen LogP contribution is -2.35. The van der Waals surface area contributed by atoms with Gasteiger partial charge in [-0.3, -0.25) is 14.0 Å². The highest BCUT2D eigenvalue weighted by Crippen LogP contribution is 2.34. The van der Waals surface area contributed by atoms with Crippen molar-refractivity contribution in [2.24, 2.45) is 0 Å². The fourth-order valence-electron chi connectivity index (χ4n) is 3.33. The van der Waals surface area contributed by atoms with Gasteiger partial charge in [0.15, 0.2) is 4.96 Å². The van der Waals surface area contributed by atoms with Crippen molar-refractivity contribution >= 4 is 22.2 Å². The standard InChI is InChI=1S/C18H17N3O3S/c1-24-13-5-2-4-12(10-13)15-6-3-7-20(15)16(22)14-11-19-18-21(17(14)23)8-9-25-18/h2,4-5,8-11,15H,3,6-7H2,1H3. The van der Waals surface area contributed by atoms with Gasteiger partial charge in [-0.1, -0.05) is 12.1 Å². The summed E-state index contributed by atoms with van der Waals surface area (Å²) in [6, 6.07) is 7.69. The Labute approximate surface area is 148 Å². The normalized spacial score (nSPS) is 17.2. The molecule has 6 nitrogen and oxygen atoms in total. The number of methoxy groups -OCH3 is 1. The van der Waals surface area contributed by atoms with E-state index in [2.05, 4.69) is 4.98 Å². The van der Waals surface area contributed by atoms with Crippen molar-refractivity contribution in [3.05, 3.63) is 63.5 Å². The highest BCUT2D eigenvalue weighted by Gasteiger charge is 2.32. The SMILES string of the molecule is COc1cccc(C2CCCN2C(=O)c2cnc3sccn3c2=O)c1. The quantitative estimate of drug-likeness (QED) is 0.725. The minimum atomic E-state index is -0.312. The Bertz CT molecular complexity index is 994. The van der Waals surface area contributed by atoms with Gasteiger partial charge in [0.25, 0.3) is 11.5 Å². The molecule has 0 spiro atoms. The summed E-state index contributed by atoms with van der Waals surface area (Å²) in [5.41, 5.74) is 0.827. The van der Waals surface area contributed by atoms with E-state index in [4.69, 9.17) is 4.74 Å². The van der Waals surface area contributed by atoms with Crippen LogP contribution in [0.4, 0.5) is 0 Å². The van der Waals surface area contributed by atoms with Gasteiger partial charge < -0.3 is 9.64 Å². The van der Waals surface area contributed by atoms with Crippen molar-refractivity contribution in [2.75, 3.05) is 13.7 Å². The van der Waals surface area contributed by atoms with E-state index < -0.39 is 0 Å². The Balaban J connectivity index is 1.70. The summed E-state index contributed by atoms with van der Waals surface area (Å²) in [6.45, 7) is 0.631. The fraction of sp³-hybridized carbons (Fsp3) is 0.278. The molecule has 3 aromatic rings. The van der Waals surface area contributed by atoms with E-state index in [-0.39, 0.29) is 23.1 Å². The highest BCUT2D eigenvalue weighted by atomic mass is 32.1. The Kier molecular flexibility index (Phi) is 4.01. The average molecular weight is 355 g/mol. The molecule has 128 valence electrons. The molecule has 7 heteroatoms. The third-order valence-electron chi connectivity index (χ3n) is 4.57. The van der Waals surface area contributed by atoms with E-state index in [1.165, 1.54) is 21.9 Å². The fourth-order valence-corrected chi connectivity index (χ4v) is 4.01. The molecule has 0 bridgehead atoms. The zero-order valence-corrected chi connectivity index (χ0v) is 14.5. The molecule has 1 fully saturated rings. The molecule has 1 unspecified atom stereocenters. The number of ether oxygens (including phenoxy) is 1. The monoisotopic (exact) mass is 355 g/mol. The number of rotatable bonds is 3. The van der Waals surface area contributed by atoms with Crippen molar-refractivity contribution in [2.45, 2.75) is 18.9 Å². The summed E-state index contributed by atoms with van der Waals surface area (Å²) in [6.07, 6.45) is 4.82. The number of carbonyl (C=O) groups excluding carboxylic acids is 1. The number of benzene rings is 1. The van der Waals surface area contributed by atoms with Crippen molar-refractivity contribution in [1.82, 2.24) is 14.3 Å². The summed E-state index contributed by atoms with van der Waals surface area (Å²) < 4.78 is 6.71. The van der Waals surface area contributed by atoms with E-state index in [1.807, 2.05) is 24.3 Å². The Morgan fingerprint density at radius 1 is 1.40 bits per heavy atom. The maximum absolute atomic E-state index is 13.0. The molecule has 0 N–H and O–H groups in total. The van der Waals surface area contributed by atoms with Crippen LogP contribution in [0, 0.1) is 0 Å². The minimum Gasteiger partial charge on any atom is -0.497 e. The summed E-state index contributed by atoms with van der Waals surface area (Å²) in [5, 5.41) is 1.78. The van der Waals surface area contributed by atoms with Crippen LogP contribution in [0.2, 0.25) is 0 Å². The first-order chi connectivity index (χ1) is 12.2. The number of fused-ring (bicyclic) bond motifs is 1. The molecule has 1 amide bonds. The van der Waals surface area contributed by atoms with Gasteiger partial charge in [-0.25, -0.2) is 4.98 Å². The zero-order valence-electron chi connectivity index (χ0n) is 13.7. The zero-order chi connectivity index (χ0) is 17.4. The number of carbonyl (C=O) groups is 1. The first-order valence-electron chi connectivity index (χ1n) is 8.09. The number of likely N-dealkylation sites (tertiary alicyclic amines) is 1. The van der Waals surface area contributed by atoms with E-state index >= 15 is 0 Å². The predicted octanol–water partition coefficient (Wildman–Crippen LogP) is 2.74. The number of nitrogens with zero attached hydrogens (tertiary/aromatic N) is 3. The summed E-state index contributed by atoms with van der Waals surface area (Å²) >= 11 is 1.37. The van der Waals surface area contributed by atoms with Crippen LogP contribution in [0.3, 0.4) is 0 Å². The van der Waals surface area contributed by atoms with Gasteiger partial charge in [-0.2, -0.15) is 0 Å². The molecule has 1 aliphatic rings. The number of hydrogen-bond donors (Lipinski definition) is 0. The van der Waals surface area contributed by atoms with Gasteiger partial charge in [-0.05, 0) is 30.5 Å². The first kappa shape index (κ1) is 15.8. The smallest absolute Gasteiger partial charge is 0.271 e. The van der Waals surface area contributed by atoms with E-state index in [0.29, 0.717) is 11.5 Å². The number of thiazole rings is 1. The van der Waals surface area contributed by atoms with Crippen LogP contribution in [-0.4, -0.2) is 33.8 Å². The van der Waals surface area contributed by atoms with Crippen LogP contribution < -0.4 is 10.3 Å². The Morgan fingerprint density at radius 2 is 2.28 bits per heavy atom. The molecular formula is C18H17N3O3S. The van der Waals surface area contributed by atoms with Crippen LogP contribution in [-0.2, 0) is 0 Å². The molecule has 1 aromatic carbocycles. The van der Waals surface area contributed by atoms with Gasteiger partial charge in [-0.15, -0.1) is 11.3 Å². The lowest BCUT2D eigenvalue weighted by molar-refractivity contribution is 0.0733. The Morgan fingerprint density at radius 3 is 3.12 bits per heavy atom. The topological polar surface area (TPSA) is 63.9 Å². The molecule has 25 heavy (non-hydrogen) atoms. The van der Waals surface area contributed by atoms with Gasteiger partial charge in [0.2, 0.25) is 0 Å². The van der Waals surface area contributed by atoms with E-state index in [9.17, 15) is 9.59 Å². The maximum Gasteiger partial charge on any atom is 0.271 e. The van der Waals surface area contributed by atoms with Crippen molar-refractivity contribution < 1.29 is 9.53 Å². The second kappa shape index (κ2) is 6.33. The average Bonchev–Trinajstić information content (AvgIpc) is 3.31. The van der Waals surface area contributed by atoms with Crippen LogP contribution in [0.25, 0.3) is 4.96 Å². The molecule has 1 aliphatic heterocycles. The second-order valence-electron chi connectivity index (χ2n) is 5.97. The van der Waals surface area contributed by atoms with Crippen LogP contribution in [0.15, 0.2) is 46.8 Å². The predicted molar refractivity (Wildman–Crippen MR) is 95.3 cm³/mol. The molecule has 4 rings (SSSR count). The third kappa shape index (κ3) is 2.70. The Hall–Kier alpha value is -2.67. The molecule has 3 heterocycles. The van der Waals surface area contributed by atoms with Crippen molar-refractivity contribution in [1.29, 1.82) is 0 Å². The molecule has 0 saturated carbocycles. The van der Waals surface area contributed by atoms with Crippen LogP contribution in [0.5, 0.6) is 5.75 Å². The molecule has 1 saturated heterocycles. The van der Waals surface area contributed by atoms with Crippen LogP contribution >= 0.6 is 11.3 Å². The van der Waals surface area contributed by atoms with Gasteiger partial charge in [0, 0.05) is 24.3 Å². The minimum absolute atomic E-state index is 0.0508. The van der Waals surface area contributed by atoms with E-state index in [0.717, 1.165) is 24.2 Å². The molecular weight excluding hydrogens is 338 g/mol. The van der Waals surface area contributed by atoms with Crippen LogP contribution in [0.1, 0.15) is 34.8 Å². The number of aromatic nitrogens is 2. The van der Waals surface area contributed by atoms with E-state index in [1.54, 1.807) is 23.6 Å².